The van der Waals surface area contributed by atoms with E-state index in [1.54, 1.807) is 11.0 Å². The van der Waals surface area contributed by atoms with Gasteiger partial charge in [0.2, 0.25) is 0 Å². The van der Waals surface area contributed by atoms with Crippen molar-refractivity contribution in [3.63, 3.8) is 0 Å². The topological polar surface area (TPSA) is 112 Å². The fourth-order valence-electron chi connectivity index (χ4n) is 4.22. The van der Waals surface area contributed by atoms with Gasteiger partial charge in [0.25, 0.3) is 11.8 Å². The molecule has 0 radical (unpaired) electrons. The van der Waals surface area contributed by atoms with Crippen LogP contribution in [-0.2, 0) is 11.2 Å². The molecule has 1 aliphatic rings. The average Bonchev–Trinajstić information content (AvgIpc) is 3.39. The fraction of sp³-hybridized carbons (Fsp3) is 0.296. The van der Waals surface area contributed by atoms with Crippen molar-refractivity contribution in [1.82, 2.24) is 19.8 Å². The van der Waals surface area contributed by atoms with Crippen LogP contribution in [0.4, 0.5) is 0 Å². The number of aromatic nitrogens is 2. The molecule has 3 aromatic rings. The molecule has 198 valence electrons. The highest BCUT2D eigenvalue weighted by Crippen LogP contribution is 2.27. The first-order valence-corrected chi connectivity index (χ1v) is 13.6. The van der Waals surface area contributed by atoms with E-state index in [9.17, 15) is 19.5 Å². The number of benzene rings is 2. The molecule has 2 amide bonds. The molecule has 0 fully saturated rings. The Morgan fingerprint density at radius 3 is 2.37 bits per heavy atom. The first kappa shape index (κ1) is 27.8. The number of nitrogens with one attached hydrogen (secondary N) is 1. The van der Waals surface area contributed by atoms with Gasteiger partial charge in [-0.1, -0.05) is 77.9 Å². The molecule has 0 spiro atoms. The third-order valence-corrected chi connectivity index (χ3v) is 7.67. The predicted octanol–water partition coefficient (Wildman–Crippen LogP) is 5.32. The van der Waals surface area contributed by atoms with E-state index >= 15 is 0 Å². The van der Waals surface area contributed by atoms with Crippen molar-refractivity contribution in [2.45, 2.75) is 38.6 Å². The number of carboxylic acid groups (broad SMARTS) is 1. The SMILES string of the molecule is CC(C)c1nnsc1C(=O)N1CC=C(c2ccc(C[C@H](NC(=O)c3c(Cl)cccc3Cl)C(=O)O)cc2)CC1. The van der Waals surface area contributed by atoms with Crippen LogP contribution in [0.25, 0.3) is 5.57 Å². The lowest BCUT2D eigenvalue weighted by molar-refractivity contribution is -0.139. The lowest BCUT2D eigenvalue weighted by Gasteiger charge is -2.26. The van der Waals surface area contributed by atoms with Crippen LogP contribution in [0.1, 0.15) is 63.0 Å². The van der Waals surface area contributed by atoms with Crippen molar-refractivity contribution in [2.24, 2.45) is 0 Å². The molecule has 8 nitrogen and oxygen atoms in total. The monoisotopic (exact) mass is 572 g/mol. The molecule has 0 aliphatic carbocycles. The van der Waals surface area contributed by atoms with Crippen LogP contribution in [0.15, 0.2) is 48.5 Å². The van der Waals surface area contributed by atoms with Crippen molar-refractivity contribution >= 4 is 58.1 Å². The van der Waals surface area contributed by atoms with Gasteiger partial charge < -0.3 is 15.3 Å². The zero-order valence-electron chi connectivity index (χ0n) is 20.8. The minimum Gasteiger partial charge on any atom is -0.480 e. The highest BCUT2D eigenvalue weighted by Gasteiger charge is 2.26. The second kappa shape index (κ2) is 12.1. The third kappa shape index (κ3) is 6.23. The molecule has 1 atom stereocenters. The molecule has 38 heavy (non-hydrogen) atoms. The molecule has 4 rings (SSSR count). The number of aliphatic carboxylic acids is 1. The number of nitrogens with zero attached hydrogens (tertiary/aromatic N) is 3. The Morgan fingerprint density at radius 1 is 1.11 bits per heavy atom. The molecular formula is C27H26Cl2N4O4S. The molecule has 2 N–H and O–H groups in total. The van der Waals surface area contributed by atoms with Crippen molar-refractivity contribution < 1.29 is 19.5 Å². The van der Waals surface area contributed by atoms with Crippen LogP contribution in [0.5, 0.6) is 0 Å². The van der Waals surface area contributed by atoms with E-state index < -0.39 is 17.9 Å². The molecular weight excluding hydrogens is 547 g/mol. The second-order valence-electron chi connectivity index (χ2n) is 9.23. The summed E-state index contributed by atoms with van der Waals surface area (Å²) in [5.74, 6) is -1.73. The highest BCUT2D eigenvalue weighted by molar-refractivity contribution is 7.08. The van der Waals surface area contributed by atoms with Gasteiger partial charge in [0.15, 0.2) is 0 Å². The van der Waals surface area contributed by atoms with Crippen LogP contribution < -0.4 is 5.32 Å². The van der Waals surface area contributed by atoms with E-state index in [1.165, 1.54) is 12.1 Å². The van der Waals surface area contributed by atoms with Gasteiger partial charge in [0.05, 0.1) is 21.3 Å². The van der Waals surface area contributed by atoms with Gasteiger partial charge in [-0.2, -0.15) is 0 Å². The lowest BCUT2D eigenvalue weighted by atomic mass is 9.96. The number of amides is 2. The van der Waals surface area contributed by atoms with Gasteiger partial charge in [-0.3, -0.25) is 9.59 Å². The van der Waals surface area contributed by atoms with Gasteiger partial charge in [-0.25, -0.2) is 4.79 Å². The van der Waals surface area contributed by atoms with Gasteiger partial charge >= 0.3 is 5.97 Å². The number of carboxylic acids is 1. The van der Waals surface area contributed by atoms with E-state index in [1.807, 2.05) is 44.2 Å². The zero-order valence-corrected chi connectivity index (χ0v) is 23.1. The van der Waals surface area contributed by atoms with Crippen LogP contribution >= 0.6 is 34.7 Å². The summed E-state index contributed by atoms with van der Waals surface area (Å²) in [6.07, 6.45) is 2.82. The maximum Gasteiger partial charge on any atom is 0.326 e. The molecule has 0 bridgehead atoms. The molecule has 0 unspecified atom stereocenters. The van der Waals surface area contributed by atoms with E-state index in [4.69, 9.17) is 23.2 Å². The Labute approximate surface area is 234 Å². The summed E-state index contributed by atoms with van der Waals surface area (Å²) in [4.78, 5) is 39.9. The minimum atomic E-state index is -1.16. The minimum absolute atomic E-state index is 0.0428. The molecule has 11 heteroatoms. The van der Waals surface area contributed by atoms with Gasteiger partial charge in [-0.05, 0) is 52.7 Å². The van der Waals surface area contributed by atoms with Crippen molar-refractivity contribution in [2.75, 3.05) is 13.1 Å². The van der Waals surface area contributed by atoms with Gasteiger partial charge in [-0.15, -0.1) is 5.10 Å². The third-order valence-electron chi connectivity index (χ3n) is 6.31. The number of carbonyl (C=O) groups is 3. The Kier molecular flexibility index (Phi) is 8.81. The zero-order chi connectivity index (χ0) is 27.4. The Morgan fingerprint density at radius 2 is 1.79 bits per heavy atom. The van der Waals surface area contributed by atoms with Crippen LogP contribution in [0.3, 0.4) is 0 Å². The van der Waals surface area contributed by atoms with Crippen molar-refractivity contribution in [3.8, 4) is 0 Å². The van der Waals surface area contributed by atoms with Gasteiger partial charge in [0.1, 0.15) is 10.9 Å². The fourth-order valence-corrected chi connectivity index (χ4v) is 5.58. The number of hydrogen-bond donors (Lipinski definition) is 2. The summed E-state index contributed by atoms with van der Waals surface area (Å²) in [5, 5.41) is 16.6. The Bertz CT molecular complexity index is 1370. The maximum atomic E-state index is 13.0. The van der Waals surface area contributed by atoms with Crippen molar-refractivity contribution in [3.05, 3.63) is 85.8 Å². The standard InChI is InChI=1S/C27H26Cl2N4O4S/c1-15(2)23-24(38-32-31-23)26(35)33-12-10-18(11-13-33)17-8-6-16(7-9-17)14-21(27(36)37)30-25(34)22-19(28)4-3-5-20(22)29/h3-10,15,21H,11-14H2,1-2H3,(H,30,34)(H,36,37)/t21-/m0/s1. The van der Waals surface area contributed by atoms with Gasteiger partial charge in [0, 0.05) is 19.5 Å². The van der Waals surface area contributed by atoms with Crippen LogP contribution in [0.2, 0.25) is 10.0 Å². The number of carbonyl (C=O) groups excluding carboxylic acids is 2. The van der Waals surface area contributed by atoms with Crippen LogP contribution in [0, 0.1) is 0 Å². The summed E-state index contributed by atoms with van der Waals surface area (Å²) in [7, 11) is 0. The first-order valence-electron chi connectivity index (χ1n) is 12.0. The smallest absolute Gasteiger partial charge is 0.326 e. The largest absolute Gasteiger partial charge is 0.480 e. The number of halogens is 2. The summed E-state index contributed by atoms with van der Waals surface area (Å²) >= 11 is 13.3. The molecule has 1 aliphatic heterocycles. The molecule has 1 aromatic heterocycles. The summed E-state index contributed by atoms with van der Waals surface area (Å²) < 4.78 is 3.96. The average molecular weight is 574 g/mol. The summed E-state index contributed by atoms with van der Waals surface area (Å²) in [5.41, 5.74) is 3.64. The molecule has 0 saturated heterocycles. The first-order chi connectivity index (χ1) is 18.2. The van der Waals surface area contributed by atoms with Crippen LogP contribution in [-0.4, -0.2) is 56.5 Å². The lowest BCUT2D eigenvalue weighted by Crippen LogP contribution is -2.42. The summed E-state index contributed by atoms with van der Waals surface area (Å²) in [6.45, 7) is 5.06. The molecule has 2 heterocycles. The summed E-state index contributed by atoms with van der Waals surface area (Å²) in [6, 6.07) is 11.0. The number of hydrogen-bond acceptors (Lipinski definition) is 6. The van der Waals surface area contributed by atoms with E-state index in [0.29, 0.717) is 24.4 Å². The number of rotatable bonds is 8. The molecule has 2 aromatic carbocycles. The van der Waals surface area contributed by atoms with E-state index in [0.717, 1.165) is 33.9 Å². The second-order valence-corrected chi connectivity index (χ2v) is 10.8. The van der Waals surface area contributed by atoms with E-state index in [2.05, 4.69) is 14.9 Å². The normalized spacial score (nSPS) is 14.2. The Hall–Kier alpha value is -3.27. The highest BCUT2D eigenvalue weighted by atomic mass is 35.5. The van der Waals surface area contributed by atoms with E-state index in [-0.39, 0.29) is 33.9 Å². The maximum absolute atomic E-state index is 13.0. The molecule has 0 saturated carbocycles. The predicted molar refractivity (Wildman–Crippen MR) is 148 cm³/mol. The quantitative estimate of drug-likeness (QED) is 0.377. The van der Waals surface area contributed by atoms with Crippen molar-refractivity contribution in [1.29, 1.82) is 0 Å². The Balaban J connectivity index is 1.40.